The van der Waals surface area contributed by atoms with Crippen LogP contribution in [0.3, 0.4) is 0 Å². The third-order valence-corrected chi connectivity index (χ3v) is 4.91. The number of ether oxygens (including phenoxy) is 1. The number of rotatable bonds is 4. The van der Waals surface area contributed by atoms with Crippen LogP contribution in [0.25, 0.3) is 6.08 Å². The minimum Gasteiger partial charge on any atom is -0.506 e. The van der Waals surface area contributed by atoms with Gasteiger partial charge >= 0.3 is 12.1 Å². The first-order valence-electron chi connectivity index (χ1n) is 8.61. The molecule has 0 radical (unpaired) electrons. The minimum atomic E-state index is -4.43. The highest BCUT2D eigenvalue weighted by atomic mass is 32.2. The van der Waals surface area contributed by atoms with Crippen LogP contribution in [0.2, 0.25) is 0 Å². The molecule has 2 aromatic carbocycles. The van der Waals surface area contributed by atoms with Crippen LogP contribution in [0.1, 0.15) is 18.1 Å². The van der Waals surface area contributed by atoms with Gasteiger partial charge in [0.2, 0.25) is 0 Å². The zero-order valence-electron chi connectivity index (χ0n) is 15.2. The summed E-state index contributed by atoms with van der Waals surface area (Å²) in [6.45, 7) is 1.77. The Kier molecular flexibility index (Phi) is 6.12. The van der Waals surface area contributed by atoms with E-state index in [-0.39, 0.29) is 23.0 Å². The van der Waals surface area contributed by atoms with Crippen LogP contribution in [-0.2, 0) is 15.7 Å². The summed E-state index contributed by atoms with van der Waals surface area (Å²) in [6.07, 6.45) is -2.94. The van der Waals surface area contributed by atoms with Crippen molar-refractivity contribution in [3.63, 3.8) is 0 Å². The van der Waals surface area contributed by atoms with E-state index in [4.69, 9.17) is 4.74 Å². The van der Waals surface area contributed by atoms with Gasteiger partial charge in [-0.2, -0.15) is 13.2 Å². The summed E-state index contributed by atoms with van der Waals surface area (Å²) in [7, 11) is 0. The zero-order chi connectivity index (χ0) is 21.0. The molecule has 2 aromatic rings. The predicted octanol–water partition coefficient (Wildman–Crippen LogP) is 5.90. The number of alkyl halides is 3. The van der Waals surface area contributed by atoms with Crippen LogP contribution < -0.4 is 0 Å². The number of aliphatic imine (C=N–C) groups is 1. The van der Waals surface area contributed by atoms with Gasteiger partial charge in [0.25, 0.3) is 0 Å². The molecule has 1 heterocycles. The standard InChI is InChI=1S/C21H16F3NO3S/c1-2-28-20(27)17-18(26)16(29-19(17)25-15-6-4-3-5-7-15)12-13-8-10-14(11-9-13)21(22,23)24/h3-12,26H,2H2,1H3. The van der Waals surface area contributed by atoms with Crippen molar-refractivity contribution in [2.75, 3.05) is 6.61 Å². The largest absolute Gasteiger partial charge is 0.506 e. The maximum atomic E-state index is 12.7. The third kappa shape index (κ3) is 4.89. The molecule has 29 heavy (non-hydrogen) atoms. The number of benzene rings is 2. The van der Waals surface area contributed by atoms with Gasteiger partial charge in [-0.15, -0.1) is 0 Å². The molecule has 0 atom stereocenters. The summed E-state index contributed by atoms with van der Waals surface area (Å²) in [5.74, 6) is -1.04. The topological polar surface area (TPSA) is 58.9 Å². The smallest absolute Gasteiger partial charge is 0.416 e. The number of halogens is 3. The normalized spacial score (nSPS) is 17.2. The quantitative estimate of drug-likeness (QED) is 0.627. The number of hydrogen-bond acceptors (Lipinski definition) is 5. The van der Waals surface area contributed by atoms with E-state index in [9.17, 15) is 23.1 Å². The Morgan fingerprint density at radius 1 is 1.14 bits per heavy atom. The average Bonchev–Trinajstić information content (AvgIpc) is 2.97. The summed E-state index contributed by atoms with van der Waals surface area (Å²) < 4.78 is 43.2. The van der Waals surface area contributed by atoms with Crippen molar-refractivity contribution in [1.29, 1.82) is 0 Å². The van der Waals surface area contributed by atoms with Crippen molar-refractivity contribution < 1.29 is 27.8 Å². The van der Waals surface area contributed by atoms with Crippen LogP contribution in [0.4, 0.5) is 18.9 Å². The number of aliphatic hydroxyl groups is 1. The highest BCUT2D eigenvalue weighted by Crippen LogP contribution is 2.40. The fraction of sp³-hybridized carbons (Fsp3) is 0.143. The van der Waals surface area contributed by atoms with E-state index in [1.807, 2.05) is 6.07 Å². The predicted molar refractivity (Wildman–Crippen MR) is 107 cm³/mol. The van der Waals surface area contributed by atoms with Crippen molar-refractivity contribution in [2.45, 2.75) is 13.1 Å². The van der Waals surface area contributed by atoms with Crippen molar-refractivity contribution in [2.24, 2.45) is 4.99 Å². The molecule has 0 fully saturated rings. The van der Waals surface area contributed by atoms with E-state index in [0.29, 0.717) is 16.2 Å². The molecule has 1 aliphatic heterocycles. The van der Waals surface area contributed by atoms with Crippen LogP contribution in [-0.4, -0.2) is 22.7 Å². The fourth-order valence-corrected chi connectivity index (χ4v) is 3.57. The Hall–Kier alpha value is -3.00. The Bertz CT molecular complexity index is 994. The summed E-state index contributed by atoms with van der Waals surface area (Å²) in [5, 5.41) is 10.8. The molecule has 0 saturated carbocycles. The second-order valence-corrected chi connectivity index (χ2v) is 6.96. The van der Waals surface area contributed by atoms with E-state index < -0.39 is 17.7 Å². The minimum absolute atomic E-state index is 0.0705. The number of nitrogens with zero attached hydrogens (tertiary/aromatic N) is 1. The second-order valence-electron chi connectivity index (χ2n) is 5.93. The Morgan fingerprint density at radius 3 is 2.38 bits per heavy atom. The van der Waals surface area contributed by atoms with E-state index in [2.05, 4.69) is 4.99 Å². The maximum absolute atomic E-state index is 12.7. The van der Waals surface area contributed by atoms with Gasteiger partial charge in [0.1, 0.15) is 16.4 Å². The van der Waals surface area contributed by atoms with Crippen LogP contribution in [0, 0.1) is 0 Å². The highest BCUT2D eigenvalue weighted by molar-refractivity contribution is 8.18. The van der Waals surface area contributed by atoms with Gasteiger partial charge in [-0.05, 0) is 42.8 Å². The fourth-order valence-electron chi connectivity index (χ4n) is 2.53. The molecular formula is C21H16F3NO3S. The average molecular weight is 419 g/mol. The summed E-state index contributed by atoms with van der Waals surface area (Å²) >= 11 is 1.04. The first-order chi connectivity index (χ1) is 13.8. The SMILES string of the molecule is CCOC(=O)C1=C(O)C(=Cc2ccc(C(F)(F)F)cc2)SC1=Nc1ccccc1. The first-order valence-corrected chi connectivity index (χ1v) is 9.43. The molecule has 0 aliphatic carbocycles. The lowest BCUT2D eigenvalue weighted by atomic mass is 10.1. The third-order valence-electron chi connectivity index (χ3n) is 3.89. The maximum Gasteiger partial charge on any atom is 0.416 e. The van der Waals surface area contributed by atoms with Gasteiger partial charge in [-0.25, -0.2) is 9.79 Å². The number of carbonyl (C=O) groups is 1. The lowest BCUT2D eigenvalue weighted by molar-refractivity contribution is -0.138. The van der Waals surface area contributed by atoms with Gasteiger partial charge in [0.15, 0.2) is 0 Å². The molecule has 0 bridgehead atoms. The number of thioether (sulfide) groups is 1. The van der Waals surface area contributed by atoms with Crippen molar-refractivity contribution in [3.8, 4) is 0 Å². The molecule has 0 saturated heterocycles. The van der Waals surface area contributed by atoms with Gasteiger partial charge in [0, 0.05) is 0 Å². The number of hydrogen-bond donors (Lipinski definition) is 1. The molecular weight excluding hydrogens is 403 g/mol. The lowest BCUT2D eigenvalue weighted by Crippen LogP contribution is -2.12. The van der Waals surface area contributed by atoms with Crippen molar-refractivity contribution >= 4 is 34.5 Å². The molecule has 0 aromatic heterocycles. The Morgan fingerprint density at radius 2 is 1.79 bits per heavy atom. The Balaban J connectivity index is 1.98. The lowest BCUT2D eigenvalue weighted by Gasteiger charge is -2.06. The zero-order valence-corrected chi connectivity index (χ0v) is 16.1. The van der Waals surface area contributed by atoms with Gasteiger partial charge in [0.05, 0.1) is 22.8 Å². The molecule has 1 N–H and O–H groups in total. The van der Waals surface area contributed by atoms with Gasteiger partial charge in [-0.3, -0.25) is 0 Å². The van der Waals surface area contributed by atoms with Crippen LogP contribution in [0.5, 0.6) is 0 Å². The van der Waals surface area contributed by atoms with Crippen molar-refractivity contribution in [1.82, 2.24) is 0 Å². The molecule has 0 amide bonds. The van der Waals surface area contributed by atoms with Crippen LogP contribution in [0.15, 0.2) is 75.8 Å². The first kappa shape index (κ1) is 20.7. The van der Waals surface area contributed by atoms with E-state index >= 15 is 0 Å². The Labute approximate surface area is 169 Å². The number of esters is 1. The van der Waals surface area contributed by atoms with Crippen LogP contribution >= 0.6 is 11.8 Å². The molecule has 4 nitrogen and oxygen atoms in total. The number of carbonyl (C=O) groups excluding carboxylic acids is 1. The van der Waals surface area contributed by atoms with Crippen molar-refractivity contribution in [3.05, 3.63) is 82.0 Å². The molecule has 0 spiro atoms. The van der Waals surface area contributed by atoms with Gasteiger partial charge in [-0.1, -0.05) is 42.1 Å². The van der Waals surface area contributed by atoms with E-state index in [0.717, 1.165) is 23.9 Å². The molecule has 0 unspecified atom stereocenters. The number of para-hydroxylation sites is 1. The number of aliphatic hydroxyl groups excluding tert-OH is 1. The second kappa shape index (κ2) is 8.57. The summed E-state index contributed by atoms with van der Waals surface area (Å²) in [6, 6.07) is 13.4. The van der Waals surface area contributed by atoms with E-state index in [1.165, 1.54) is 18.2 Å². The van der Waals surface area contributed by atoms with E-state index in [1.54, 1.807) is 31.2 Å². The molecule has 150 valence electrons. The summed E-state index contributed by atoms with van der Waals surface area (Å²) in [4.78, 5) is 17.0. The molecule has 1 aliphatic rings. The van der Waals surface area contributed by atoms with Gasteiger partial charge < -0.3 is 9.84 Å². The summed E-state index contributed by atoms with van der Waals surface area (Å²) in [5.41, 5.74) is 0.187. The highest BCUT2D eigenvalue weighted by Gasteiger charge is 2.33. The molecule has 3 rings (SSSR count). The monoisotopic (exact) mass is 419 g/mol. The molecule has 8 heteroatoms.